The lowest BCUT2D eigenvalue weighted by Crippen LogP contribution is -2.53. The summed E-state index contributed by atoms with van der Waals surface area (Å²) in [6.45, 7) is 4.19. The smallest absolute Gasteiger partial charge is 0.354 e. The van der Waals surface area contributed by atoms with E-state index in [1.165, 1.54) is 17.9 Å². The van der Waals surface area contributed by atoms with E-state index in [1.54, 1.807) is 13.1 Å². The number of piperidine rings is 1. The molecule has 2 aromatic rings. The molecular formula is C30H34BrClF3N3O3. The van der Waals surface area contributed by atoms with E-state index in [2.05, 4.69) is 21.2 Å². The van der Waals surface area contributed by atoms with Crippen LogP contribution >= 0.6 is 27.5 Å². The Labute approximate surface area is 251 Å². The number of hydrogen-bond donors (Lipinski definition) is 1. The molecule has 2 aromatic carbocycles. The second kappa shape index (κ2) is 12.7. The summed E-state index contributed by atoms with van der Waals surface area (Å²) in [5, 5.41) is 3.54. The highest BCUT2D eigenvalue weighted by atomic mass is 79.9. The number of aryl methyl sites for hydroxylation is 1. The topological polar surface area (TPSA) is 69.7 Å². The fourth-order valence-electron chi connectivity index (χ4n) is 6.09. The highest BCUT2D eigenvalue weighted by Gasteiger charge is 2.40. The van der Waals surface area contributed by atoms with Crippen LogP contribution in [0.2, 0.25) is 5.02 Å². The second-order valence-corrected chi connectivity index (χ2v) is 12.5. The maximum Gasteiger partial charge on any atom is 0.416 e. The molecule has 6 nitrogen and oxygen atoms in total. The number of alkyl halides is 3. The summed E-state index contributed by atoms with van der Waals surface area (Å²) in [6, 6.07) is 8.58. The number of carbonyl (C=O) groups excluding carboxylic acids is 3. The average Bonchev–Trinajstić information content (AvgIpc) is 2.92. The zero-order valence-corrected chi connectivity index (χ0v) is 25.6. The molecule has 2 atom stereocenters. The van der Waals surface area contributed by atoms with Gasteiger partial charge in [-0.15, -0.1) is 0 Å². The van der Waals surface area contributed by atoms with E-state index >= 15 is 0 Å². The first kappa shape index (κ1) is 31.3. The highest BCUT2D eigenvalue weighted by Crippen LogP contribution is 2.36. The summed E-state index contributed by atoms with van der Waals surface area (Å²) in [7, 11) is 1.61. The lowest BCUT2D eigenvalue weighted by Gasteiger charge is -2.44. The number of nitrogens with one attached hydrogen (secondary N) is 1. The predicted octanol–water partition coefficient (Wildman–Crippen LogP) is 6.58. The number of amides is 3. The van der Waals surface area contributed by atoms with Crippen molar-refractivity contribution in [2.75, 3.05) is 20.1 Å². The van der Waals surface area contributed by atoms with Crippen molar-refractivity contribution in [2.45, 2.75) is 70.1 Å². The number of likely N-dealkylation sites (N-methyl/N-ethyl adjacent to an activating group) is 1. The van der Waals surface area contributed by atoms with E-state index in [9.17, 15) is 27.6 Å². The van der Waals surface area contributed by atoms with Gasteiger partial charge in [-0.1, -0.05) is 39.7 Å². The third kappa shape index (κ3) is 7.44. The Morgan fingerprint density at radius 2 is 1.73 bits per heavy atom. The number of nitrogens with zero attached hydrogens (tertiary/aromatic N) is 2. The SMILES string of the molecule is CC(=O)N[C@H]1CC[C@H](C(=O)N2CC[C@@H](N(C)C(=O)c3cc(Br)cc(C(F)(F)F)c3)[C@H](c3ccc(Cl)c(C)c3)C2)CC1. The summed E-state index contributed by atoms with van der Waals surface area (Å²) < 4.78 is 40.5. The van der Waals surface area contributed by atoms with Crippen LogP contribution in [0.4, 0.5) is 13.2 Å². The maximum absolute atomic E-state index is 13.6. The molecule has 1 aliphatic carbocycles. The standard InChI is InChI=1S/C30H34BrClF3N3O3/c1-17-12-20(6-9-26(17)32)25-16-38(29(41)19-4-7-24(8-5-19)36-18(2)39)11-10-27(25)37(3)28(40)21-13-22(30(33,34)35)15-23(31)14-21/h6,9,12-15,19,24-25,27H,4-5,7-8,10-11,16H2,1-3H3,(H,36,39)/t19-,24-,25-,27+/m0/s1. The minimum Gasteiger partial charge on any atom is -0.354 e. The van der Waals surface area contributed by atoms with Crippen LogP contribution in [0.3, 0.4) is 0 Å². The van der Waals surface area contributed by atoms with Crippen molar-refractivity contribution in [3.63, 3.8) is 0 Å². The van der Waals surface area contributed by atoms with E-state index < -0.39 is 17.6 Å². The summed E-state index contributed by atoms with van der Waals surface area (Å²) in [4.78, 5) is 41.9. The Hall–Kier alpha value is -2.59. The van der Waals surface area contributed by atoms with E-state index in [1.807, 2.05) is 24.0 Å². The van der Waals surface area contributed by atoms with Gasteiger partial charge in [0.25, 0.3) is 5.91 Å². The predicted molar refractivity (Wildman–Crippen MR) is 155 cm³/mol. The van der Waals surface area contributed by atoms with Crippen molar-refractivity contribution in [3.05, 3.63) is 68.1 Å². The van der Waals surface area contributed by atoms with Gasteiger partial charge in [0.15, 0.2) is 0 Å². The quantitative estimate of drug-likeness (QED) is 0.395. The number of hydrogen-bond acceptors (Lipinski definition) is 3. The average molecular weight is 657 g/mol. The van der Waals surface area contributed by atoms with Crippen molar-refractivity contribution in [2.24, 2.45) is 5.92 Å². The third-order valence-electron chi connectivity index (χ3n) is 8.27. The first-order chi connectivity index (χ1) is 19.2. The monoisotopic (exact) mass is 655 g/mol. The molecule has 222 valence electrons. The lowest BCUT2D eigenvalue weighted by atomic mass is 9.81. The highest BCUT2D eigenvalue weighted by molar-refractivity contribution is 9.10. The zero-order valence-electron chi connectivity index (χ0n) is 23.2. The van der Waals surface area contributed by atoms with Crippen LogP contribution in [-0.2, 0) is 15.8 Å². The largest absolute Gasteiger partial charge is 0.416 e. The Balaban J connectivity index is 1.57. The molecular weight excluding hydrogens is 623 g/mol. The molecule has 1 heterocycles. The Morgan fingerprint density at radius 1 is 1.05 bits per heavy atom. The summed E-state index contributed by atoms with van der Waals surface area (Å²) in [5.74, 6) is -0.919. The Morgan fingerprint density at radius 3 is 2.34 bits per heavy atom. The van der Waals surface area contributed by atoms with Gasteiger partial charge in [0.1, 0.15) is 0 Å². The van der Waals surface area contributed by atoms with Gasteiger partial charge < -0.3 is 15.1 Å². The first-order valence-corrected chi connectivity index (χ1v) is 14.9. The summed E-state index contributed by atoms with van der Waals surface area (Å²) in [6.07, 6.45) is -1.24. The number of halogens is 5. The van der Waals surface area contributed by atoms with Crippen LogP contribution < -0.4 is 5.32 Å². The van der Waals surface area contributed by atoms with Gasteiger partial charge in [-0.3, -0.25) is 14.4 Å². The maximum atomic E-state index is 13.6. The molecule has 0 bridgehead atoms. The van der Waals surface area contributed by atoms with Crippen LogP contribution in [0, 0.1) is 12.8 Å². The van der Waals surface area contributed by atoms with E-state index in [0.29, 0.717) is 37.4 Å². The van der Waals surface area contributed by atoms with Crippen molar-refractivity contribution in [3.8, 4) is 0 Å². The fourth-order valence-corrected chi connectivity index (χ4v) is 6.70. The van der Waals surface area contributed by atoms with Gasteiger partial charge in [-0.2, -0.15) is 13.2 Å². The zero-order chi connectivity index (χ0) is 30.1. The van der Waals surface area contributed by atoms with Crippen molar-refractivity contribution < 1.29 is 27.6 Å². The molecule has 3 amide bonds. The summed E-state index contributed by atoms with van der Waals surface area (Å²) >= 11 is 9.40. The van der Waals surface area contributed by atoms with Crippen LogP contribution in [0.1, 0.15) is 72.0 Å². The van der Waals surface area contributed by atoms with Crippen molar-refractivity contribution in [1.82, 2.24) is 15.1 Å². The van der Waals surface area contributed by atoms with E-state index in [-0.39, 0.29) is 45.8 Å². The molecule has 1 N–H and O–H groups in total. The second-order valence-electron chi connectivity index (χ2n) is 11.1. The molecule has 1 saturated heterocycles. The van der Waals surface area contributed by atoms with Gasteiger partial charge in [-0.25, -0.2) is 0 Å². The normalized spacial score (nSPS) is 23.2. The fraction of sp³-hybridized carbons (Fsp3) is 0.500. The molecule has 1 saturated carbocycles. The molecule has 4 rings (SSSR count). The molecule has 11 heteroatoms. The van der Waals surface area contributed by atoms with Gasteiger partial charge >= 0.3 is 6.18 Å². The third-order valence-corrected chi connectivity index (χ3v) is 9.15. The lowest BCUT2D eigenvalue weighted by molar-refractivity contribution is -0.139. The first-order valence-electron chi connectivity index (χ1n) is 13.7. The van der Waals surface area contributed by atoms with Gasteiger partial charge in [0, 0.05) is 66.0 Å². The Bertz CT molecular complexity index is 1310. The minimum atomic E-state index is -4.59. The van der Waals surface area contributed by atoms with Crippen molar-refractivity contribution >= 4 is 45.3 Å². The molecule has 41 heavy (non-hydrogen) atoms. The molecule has 0 unspecified atom stereocenters. The number of likely N-dealkylation sites (tertiary alicyclic amines) is 1. The van der Waals surface area contributed by atoms with Crippen molar-refractivity contribution in [1.29, 1.82) is 0 Å². The molecule has 2 fully saturated rings. The van der Waals surface area contributed by atoms with Gasteiger partial charge in [0.2, 0.25) is 11.8 Å². The molecule has 0 aromatic heterocycles. The van der Waals surface area contributed by atoms with Gasteiger partial charge in [0.05, 0.1) is 5.56 Å². The van der Waals surface area contributed by atoms with E-state index in [4.69, 9.17) is 11.6 Å². The van der Waals surface area contributed by atoms with Gasteiger partial charge in [-0.05, 0) is 74.4 Å². The molecule has 0 spiro atoms. The minimum absolute atomic E-state index is 0.0605. The molecule has 1 aliphatic heterocycles. The molecule has 2 aliphatic rings. The summed E-state index contributed by atoms with van der Waals surface area (Å²) in [5.41, 5.74) is 0.809. The van der Waals surface area contributed by atoms with Crippen LogP contribution in [-0.4, -0.2) is 59.7 Å². The number of benzene rings is 2. The Kier molecular flexibility index (Phi) is 9.74. The number of carbonyl (C=O) groups is 3. The van der Waals surface area contributed by atoms with Crippen LogP contribution in [0.25, 0.3) is 0 Å². The number of rotatable bonds is 5. The van der Waals surface area contributed by atoms with Crippen LogP contribution in [0.15, 0.2) is 40.9 Å². The molecule has 0 radical (unpaired) electrons. The van der Waals surface area contributed by atoms with Crippen LogP contribution in [0.5, 0.6) is 0 Å². The van der Waals surface area contributed by atoms with E-state index in [0.717, 1.165) is 36.1 Å².